The molecular formula is C14H16N2O2. The second-order valence-electron chi connectivity index (χ2n) is 4.28. The predicted molar refractivity (Wildman–Crippen MR) is 68.1 cm³/mol. The van der Waals surface area contributed by atoms with Crippen molar-refractivity contribution in [2.75, 3.05) is 18.1 Å². The monoisotopic (exact) mass is 244 g/mol. The molecule has 1 unspecified atom stereocenters. The Morgan fingerprint density at radius 2 is 2.28 bits per heavy atom. The molecule has 0 N–H and O–H groups in total. The number of nitrogens with zero attached hydrogens (tertiary/aromatic N) is 2. The van der Waals surface area contributed by atoms with Gasteiger partial charge in [0.2, 0.25) is 0 Å². The van der Waals surface area contributed by atoms with E-state index in [4.69, 9.17) is 10.00 Å². The summed E-state index contributed by atoms with van der Waals surface area (Å²) in [6.45, 7) is 2.59. The van der Waals surface area contributed by atoms with E-state index < -0.39 is 0 Å². The summed E-state index contributed by atoms with van der Waals surface area (Å²) in [6.07, 6.45) is 1.01. The fraction of sp³-hybridized carbons (Fsp3) is 0.429. The lowest BCUT2D eigenvalue weighted by molar-refractivity contribution is -0.129. The Balaban J connectivity index is 2.24. The molecule has 1 heterocycles. The Kier molecular flexibility index (Phi) is 3.96. The van der Waals surface area contributed by atoms with Gasteiger partial charge in [-0.05, 0) is 18.1 Å². The highest BCUT2D eigenvalue weighted by molar-refractivity contribution is 5.95. The Morgan fingerprint density at radius 1 is 1.50 bits per heavy atom. The molecule has 1 fully saturated rings. The zero-order chi connectivity index (χ0) is 13.0. The zero-order valence-electron chi connectivity index (χ0n) is 10.4. The van der Waals surface area contributed by atoms with Crippen LogP contribution < -0.4 is 4.90 Å². The first-order valence-corrected chi connectivity index (χ1v) is 6.13. The van der Waals surface area contributed by atoms with E-state index in [2.05, 4.69) is 13.0 Å². The van der Waals surface area contributed by atoms with E-state index in [0.717, 1.165) is 17.7 Å². The Bertz CT molecular complexity index is 479. The topological polar surface area (TPSA) is 53.3 Å². The van der Waals surface area contributed by atoms with Crippen molar-refractivity contribution >= 4 is 11.6 Å². The second-order valence-corrected chi connectivity index (χ2v) is 4.28. The third kappa shape index (κ3) is 2.52. The van der Waals surface area contributed by atoms with E-state index in [-0.39, 0.29) is 18.6 Å². The van der Waals surface area contributed by atoms with Gasteiger partial charge >= 0.3 is 0 Å². The van der Waals surface area contributed by atoms with Crippen molar-refractivity contribution in [1.82, 2.24) is 0 Å². The van der Waals surface area contributed by atoms with Crippen molar-refractivity contribution in [3.63, 3.8) is 0 Å². The zero-order valence-corrected chi connectivity index (χ0v) is 10.4. The van der Waals surface area contributed by atoms with Gasteiger partial charge in [-0.15, -0.1) is 0 Å². The molecule has 2 rings (SSSR count). The maximum atomic E-state index is 11.9. The van der Waals surface area contributed by atoms with Crippen LogP contribution in [0.1, 0.15) is 18.9 Å². The number of morpholine rings is 1. The molecule has 94 valence electrons. The summed E-state index contributed by atoms with van der Waals surface area (Å²) in [5.74, 6) is -0.0370. The van der Waals surface area contributed by atoms with Gasteiger partial charge in [0.05, 0.1) is 25.1 Å². The van der Waals surface area contributed by atoms with E-state index >= 15 is 0 Å². The summed E-state index contributed by atoms with van der Waals surface area (Å²) in [6, 6.07) is 9.96. The molecule has 1 aliphatic rings. The quantitative estimate of drug-likeness (QED) is 0.816. The normalized spacial score (nSPS) is 19.7. The highest BCUT2D eigenvalue weighted by Crippen LogP contribution is 2.24. The van der Waals surface area contributed by atoms with Gasteiger partial charge in [-0.3, -0.25) is 4.79 Å². The highest BCUT2D eigenvalue weighted by Gasteiger charge is 2.28. The summed E-state index contributed by atoms with van der Waals surface area (Å²) in [5, 5.41) is 8.71. The Hall–Kier alpha value is -1.86. The number of anilines is 1. The van der Waals surface area contributed by atoms with Crippen LogP contribution >= 0.6 is 0 Å². The summed E-state index contributed by atoms with van der Waals surface area (Å²) >= 11 is 0. The molecule has 4 heteroatoms. The molecule has 1 aliphatic heterocycles. The first-order valence-electron chi connectivity index (χ1n) is 6.13. The number of benzene rings is 1. The molecule has 1 aromatic carbocycles. The lowest BCUT2D eigenvalue weighted by Gasteiger charge is -2.33. The molecule has 1 atom stereocenters. The summed E-state index contributed by atoms with van der Waals surface area (Å²) < 4.78 is 5.34. The number of hydrogen-bond acceptors (Lipinski definition) is 3. The average molecular weight is 244 g/mol. The van der Waals surface area contributed by atoms with Crippen molar-refractivity contribution in [1.29, 1.82) is 5.26 Å². The number of carbonyl (C=O) groups is 1. The van der Waals surface area contributed by atoms with Gasteiger partial charge in [-0.25, -0.2) is 0 Å². The van der Waals surface area contributed by atoms with Crippen molar-refractivity contribution in [3.8, 4) is 6.07 Å². The van der Waals surface area contributed by atoms with Crippen molar-refractivity contribution in [2.45, 2.75) is 25.9 Å². The number of hydrogen-bond donors (Lipinski definition) is 0. The lowest BCUT2D eigenvalue weighted by atomic mass is 10.1. The van der Waals surface area contributed by atoms with Crippen LogP contribution in [0.25, 0.3) is 0 Å². The molecule has 1 amide bonds. The molecule has 0 saturated carbocycles. The molecule has 0 spiro atoms. The van der Waals surface area contributed by atoms with Gasteiger partial charge in [0.15, 0.2) is 0 Å². The lowest BCUT2D eigenvalue weighted by Crippen LogP contribution is -2.47. The van der Waals surface area contributed by atoms with Crippen LogP contribution in [0, 0.1) is 11.3 Å². The van der Waals surface area contributed by atoms with Crippen molar-refractivity contribution in [3.05, 3.63) is 29.8 Å². The molecule has 0 radical (unpaired) electrons. The smallest absolute Gasteiger partial charge is 0.253 e. The third-order valence-corrected chi connectivity index (χ3v) is 3.11. The number of aryl methyl sites for hydroxylation is 1. The van der Waals surface area contributed by atoms with E-state index in [1.807, 2.05) is 24.3 Å². The Labute approximate surface area is 107 Å². The van der Waals surface area contributed by atoms with E-state index in [0.29, 0.717) is 13.0 Å². The van der Waals surface area contributed by atoms with Crippen LogP contribution in [-0.4, -0.2) is 25.2 Å². The number of amides is 1. The number of ether oxygens (including phenoxy) is 1. The Morgan fingerprint density at radius 3 is 3.00 bits per heavy atom. The van der Waals surface area contributed by atoms with Crippen LogP contribution in [0.3, 0.4) is 0 Å². The van der Waals surface area contributed by atoms with Crippen LogP contribution in [-0.2, 0) is 16.0 Å². The molecule has 0 bridgehead atoms. The number of carbonyl (C=O) groups excluding carboxylic acids is 1. The summed E-state index contributed by atoms with van der Waals surface area (Å²) in [4.78, 5) is 13.7. The van der Waals surface area contributed by atoms with Gasteiger partial charge < -0.3 is 9.64 Å². The van der Waals surface area contributed by atoms with Crippen LogP contribution in [0.5, 0.6) is 0 Å². The second kappa shape index (κ2) is 5.65. The first-order chi connectivity index (χ1) is 8.76. The van der Waals surface area contributed by atoms with Gasteiger partial charge in [0.1, 0.15) is 6.61 Å². The minimum atomic E-state index is -0.183. The largest absolute Gasteiger partial charge is 0.365 e. The SMILES string of the molecule is CCc1ccccc1N1CC(CC#N)OCC1=O. The minimum absolute atomic E-state index is 0.0370. The first kappa shape index (κ1) is 12.6. The van der Waals surface area contributed by atoms with Crippen molar-refractivity contribution in [2.24, 2.45) is 0 Å². The molecule has 0 aromatic heterocycles. The third-order valence-electron chi connectivity index (χ3n) is 3.11. The van der Waals surface area contributed by atoms with Crippen LogP contribution in [0.4, 0.5) is 5.69 Å². The molecular weight excluding hydrogens is 228 g/mol. The van der Waals surface area contributed by atoms with E-state index in [9.17, 15) is 4.79 Å². The van der Waals surface area contributed by atoms with E-state index in [1.54, 1.807) is 4.90 Å². The van der Waals surface area contributed by atoms with Gasteiger partial charge in [0, 0.05) is 5.69 Å². The van der Waals surface area contributed by atoms with E-state index in [1.165, 1.54) is 0 Å². The number of rotatable bonds is 3. The highest BCUT2D eigenvalue weighted by atomic mass is 16.5. The average Bonchev–Trinajstić information content (AvgIpc) is 2.41. The number of para-hydroxylation sites is 1. The maximum Gasteiger partial charge on any atom is 0.253 e. The molecule has 0 aliphatic carbocycles. The molecule has 1 saturated heterocycles. The fourth-order valence-corrected chi connectivity index (χ4v) is 2.16. The number of nitriles is 1. The standard InChI is InChI=1S/C14H16N2O2/c1-2-11-5-3-4-6-13(11)16-9-12(7-8-15)18-10-14(16)17/h3-6,12H,2,7,9-10H2,1H3. The minimum Gasteiger partial charge on any atom is -0.365 e. The summed E-state index contributed by atoms with van der Waals surface area (Å²) in [5.41, 5.74) is 2.08. The van der Waals surface area contributed by atoms with Gasteiger partial charge in [-0.2, -0.15) is 5.26 Å². The van der Waals surface area contributed by atoms with Crippen LogP contribution in [0.15, 0.2) is 24.3 Å². The summed E-state index contributed by atoms with van der Waals surface area (Å²) in [7, 11) is 0. The van der Waals surface area contributed by atoms with Gasteiger partial charge in [0.25, 0.3) is 5.91 Å². The molecule has 4 nitrogen and oxygen atoms in total. The fourth-order valence-electron chi connectivity index (χ4n) is 2.16. The predicted octanol–water partition coefficient (Wildman–Crippen LogP) is 1.89. The van der Waals surface area contributed by atoms with Gasteiger partial charge in [-0.1, -0.05) is 25.1 Å². The van der Waals surface area contributed by atoms with Crippen LogP contribution in [0.2, 0.25) is 0 Å². The molecule has 1 aromatic rings. The van der Waals surface area contributed by atoms with Crippen molar-refractivity contribution < 1.29 is 9.53 Å². The maximum absolute atomic E-state index is 11.9. The molecule has 18 heavy (non-hydrogen) atoms.